The highest BCUT2D eigenvalue weighted by Gasteiger charge is 2.23. The number of ether oxygens (including phenoxy) is 1. The van der Waals surface area contributed by atoms with Gasteiger partial charge in [0.2, 0.25) is 0 Å². The monoisotopic (exact) mass is 303 g/mol. The number of aliphatic hydroxyl groups is 1. The second-order valence-electron chi connectivity index (χ2n) is 5.06. The summed E-state index contributed by atoms with van der Waals surface area (Å²) in [5, 5.41) is 15.4. The lowest BCUT2D eigenvalue weighted by atomic mass is 10.3. The molecular weight excluding hydrogens is 282 g/mol. The quantitative estimate of drug-likeness (QED) is 0.569. The van der Waals surface area contributed by atoms with Gasteiger partial charge in [0.15, 0.2) is 5.03 Å². The van der Waals surface area contributed by atoms with E-state index in [0.29, 0.717) is 36.7 Å². The minimum absolute atomic E-state index is 0.128. The molecule has 114 valence electrons. The third kappa shape index (κ3) is 4.02. The van der Waals surface area contributed by atoms with Gasteiger partial charge in [-0.3, -0.25) is 5.10 Å². The molecule has 0 amide bonds. The van der Waals surface area contributed by atoms with Gasteiger partial charge in [0.25, 0.3) is 10.0 Å². The van der Waals surface area contributed by atoms with E-state index >= 15 is 0 Å². The highest BCUT2D eigenvalue weighted by molar-refractivity contribution is 7.89. The summed E-state index contributed by atoms with van der Waals surface area (Å²) in [6.45, 7) is 2.93. The minimum Gasteiger partial charge on any atom is -0.392 e. The Morgan fingerprint density at radius 3 is 2.90 bits per heavy atom. The van der Waals surface area contributed by atoms with Crippen LogP contribution in [0.5, 0.6) is 0 Å². The van der Waals surface area contributed by atoms with Crippen molar-refractivity contribution < 1.29 is 18.3 Å². The fourth-order valence-corrected chi connectivity index (χ4v) is 3.08. The number of rotatable bonds is 9. The van der Waals surface area contributed by atoms with Gasteiger partial charge < -0.3 is 9.84 Å². The summed E-state index contributed by atoms with van der Waals surface area (Å²) in [7, 11) is -3.68. The number of aryl methyl sites for hydroxylation is 1. The van der Waals surface area contributed by atoms with Crippen LogP contribution in [0.3, 0.4) is 0 Å². The number of aliphatic hydroxyl groups excluding tert-OH is 1. The van der Waals surface area contributed by atoms with E-state index in [9.17, 15) is 13.5 Å². The Hall–Kier alpha value is -0.960. The highest BCUT2D eigenvalue weighted by atomic mass is 32.2. The molecule has 1 fully saturated rings. The van der Waals surface area contributed by atoms with E-state index in [4.69, 9.17) is 4.74 Å². The first-order valence-corrected chi connectivity index (χ1v) is 8.25. The van der Waals surface area contributed by atoms with Crippen LogP contribution in [-0.2, 0) is 21.4 Å². The van der Waals surface area contributed by atoms with Crippen molar-refractivity contribution in [2.24, 2.45) is 5.92 Å². The van der Waals surface area contributed by atoms with Gasteiger partial charge in [0.1, 0.15) is 0 Å². The van der Waals surface area contributed by atoms with Crippen LogP contribution >= 0.6 is 0 Å². The molecule has 1 saturated carbocycles. The molecular formula is C12H21N3O4S. The minimum atomic E-state index is -3.68. The van der Waals surface area contributed by atoms with E-state index in [0.717, 1.165) is 6.61 Å². The number of nitrogens with zero attached hydrogens (tertiary/aromatic N) is 1. The number of nitrogens with one attached hydrogen (secondary N) is 2. The smallest absolute Gasteiger partial charge is 0.260 e. The maximum Gasteiger partial charge on any atom is 0.260 e. The molecule has 0 spiro atoms. The number of aromatic amines is 1. The topological polar surface area (TPSA) is 104 Å². The summed E-state index contributed by atoms with van der Waals surface area (Å²) in [4.78, 5) is 0. The zero-order chi connectivity index (χ0) is 14.6. The molecule has 0 unspecified atom stereocenters. The van der Waals surface area contributed by atoms with E-state index in [1.54, 1.807) is 6.92 Å². The average Bonchev–Trinajstić information content (AvgIpc) is 3.14. The number of hydrogen-bond donors (Lipinski definition) is 3. The summed E-state index contributed by atoms with van der Waals surface area (Å²) >= 11 is 0. The van der Waals surface area contributed by atoms with Gasteiger partial charge in [-0.25, -0.2) is 13.1 Å². The molecule has 0 atom stereocenters. The standard InChI is InChI=1S/C12H21N3O4S/c1-9-11(7-16)12(15-14-9)20(17,18)13-5-2-6-19-8-10-3-4-10/h10,13,16H,2-8H2,1H3,(H,14,15). The van der Waals surface area contributed by atoms with Gasteiger partial charge >= 0.3 is 0 Å². The van der Waals surface area contributed by atoms with E-state index in [1.165, 1.54) is 12.8 Å². The predicted molar refractivity (Wildman–Crippen MR) is 72.6 cm³/mol. The van der Waals surface area contributed by atoms with Crippen LogP contribution in [0.25, 0.3) is 0 Å². The summed E-state index contributed by atoms with van der Waals surface area (Å²) < 4.78 is 32.0. The Kier molecular flexibility index (Phi) is 5.14. The van der Waals surface area contributed by atoms with E-state index < -0.39 is 10.0 Å². The fraction of sp³-hybridized carbons (Fsp3) is 0.750. The number of aromatic nitrogens is 2. The van der Waals surface area contributed by atoms with Crippen molar-refractivity contribution in [1.29, 1.82) is 0 Å². The Bertz CT molecular complexity index is 537. The lowest BCUT2D eigenvalue weighted by molar-refractivity contribution is 0.123. The summed E-state index contributed by atoms with van der Waals surface area (Å²) in [5.41, 5.74) is 0.864. The molecule has 1 heterocycles. The maximum absolute atomic E-state index is 12.0. The van der Waals surface area contributed by atoms with Gasteiger partial charge in [-0.15, -0.1) is 0 Å². The van der Waals surface area contributed by atoms with Crippen molar-refractivity contribution in [3.8, 4) is 0 Å². The van der Waals surface area contributed by atoms with Crippen LogP contribution in [0.2, 0.25) is 0 Å². The molecule has 0 bridgehead atoms. The Morgan fingerprint density at radius 2 is 2.25 bits per heavy atom. The van der Waals surface area contributed by atoms with Crippen LogP contribution in [0.1, 0.15) is 30.5 Å². The largest absolute Gasteiger partial charge is 0.392 e. The second kappa shape index (κ2) is 6.66. The van der Waals surface area contributed by atoms with Crippen molar-refractivity contribution in [3.05, 3.63) is 11.3 Å². The molecule has 1 aromatic rings. The van der Waals surface area contributed by atoms with Crippen LogP contribution < -0.4 is 4.72 Å². The molecule has 2 rings (SSSR count). The Labute approximate surface area is 118 Å². The predicted octanol–water partition coefficient (Wildman–Crippen LogP) is 0.305. The summed E-state index contributed by atoms with van der Waals surface area (Å²) in [6, 6.07) is 0. The van der Waals surface area contributed by atoms with Crippen LogP contribution in [0.4, 0.5) is 0 Å². The van der Waals surface area contributed by atoms with Gasteiger partial charge in [-0.05, 0) is 32.1 Å². The summed E-state index contributed by atoms with van der Waals surface area (Å²) in [6.07, 6.45) is 3.11. The first kappa shape index (κ1) is 15.4. The third-order valence-corrected chi connectivity index (χ3v) is 4.69. The fourth-order valence-electron chi connectivity index (χ4n) is 1.82. The molecule has 1 aliphatic rings. The zero-order valence-corrected chi connectivity index (χ0v) is 12.4. The normalized spacial score (nSPS) is 15.7. The number of hydrogen-bond acceptors (Lipinski definition) is 5. The Balaban J connectivity index is 1.77. The van der Waals surface area contributed by atoms with Crippen molar-refractivity contribution in [2.75, 3.05) is 19.8 Å². The van der Waals surface area contributed by atoms with E-state index in [1.807, 2.05) is 0 Å². The number of H-pyrrole nitrogens is 1. The van der Waals surface area contributed by atoms with Crippen LogP contribution in [0, 0.1) is 12.8 Å². The first-order chi connectivity index (χ1) is 9.54. The molecule has 8 heteroatoms. The first-order valence-electron chi connectivity index (χ1n) is 6.76. The SMILES string of the molecule is Cc1[nH]nc(S(=O)(=O)NCCCOCC2CC2)c1CO. The Morgan fingerprint density at radius 1 is 1.50 bits per heavy atom. The molecule has 0 aliphatic heterocycles. The lowest BCUT2D eigenvalue weighted by Crippen LogP contribution is -2.27. The average molecular weight is 303 g/mol. The highest BCUT2D eigenvalue weighted by Crippen LogP contribution is 2.28. The molecule has 1 aromatic heterocycles. The van der Waals surface area contributed by atoms with E-state index in [2.05, 4.69) is 14.9 Å². The molecule has 20 heavy (non-hydrogen) atoms. The van der Waals surface area contributed by atoms with Crippen molar-refractivity contribution >= 4 is 10.0 Å². The van der Waals surface area contributed by atoms with Gasteiger partial charge in [-0.1, -0.05) is 0 Å². The second-order valence-corrected chi connectivity index (χ2v) is 6.74. The summed E-state index contributed by atoms with van der Waals surface area (Å²) in [5.74, 6) is 0.714. The van der Waals surface area contributed by atoms with Crippen LogP contribution in [-0.4, -0.2) is 43.5 Å². The van der Waals surface area contributed by atoms with E-state index in [-0.39, 0.29) is 11.6 Å². The molecule has 1 aliphatic carbocycles. The zero-order valence-electron chi connectivity index (χ0n) is 11.6. The number of sulfonamides is 1. The van der Waals surface area contributed by atoms with Gasteiger partial charge in [0.05, 0.1) is 6.61 Å². The molecule has 7 nitrogen and oxygen atoms in total. The lowest BCUT2D eigenvalue weighted by Gasteiger charge is -2.06. The van der Waals surface area contributed by atoms with Gasteiger partial charge in [-0.2, -0.15) is 5.10 Å². The molecule has 3 N–H and O–H groups in total. The van der Waals surface area contributed by atoms with Gasteiger partial charge in [0, 0.05) is 31.0 Å². The molecule has 0 aromatic carbocycles. The third-order valence-electron chi connectivity index (χ3n) is 3.26. The van der Waals surface area contributed by atoms with Crippen molar-refractivity contribution in [2.45, 2.75) is 37.8 Å². The maximum atomic E-state index is 12.0. The van der Waals surface area contributed by atoms with Crippen molar-refractivity contribution in [3.63, 3.8) is 0 Å². The van der Waals surface area contributed by atoms with Crippen LogP contribution in [0.15, 0.2) is 5.03 Å². The molecule has 0 radical (unpaired) electrons. The molecule has 0 saturated heterocycles. The van der Waals surface area contributed by atoms with Crippen molar-refractivity contribution in [1.82, 2.24) is 14.9 Å².